The summed E-state index contributed by atoms with van der Waals surface area (Å²) in [6.45, 7) is 7.94. The van der Waals surface area contributed by atoms with Gasteiger partial charge in [-0.15, -0.1) is 0 Å². The molecule has 2 atom stereocenters. The number of hydrogen-bond acceptors (Lipinski definition) is 10. The van der Waals surface area contributed by atoms with Crippen molar-refractivity contribution in [3.8, 4) is 22.3 Å². The Kier molecular flexibility index (Phi) is 9.86. The van der Waals surface area contributed by atoms with E-state index in [9.17, 15) is 9.59 Å². The summed E-state index contributed by atoms with van der Waals surface area (Å²) in [7, 11) is 0. The number of aromatic nitrogens is 10. The third kappa shape index (κ3) is 6.89. The van der Waals surface area contributed by atoms with Crippen LogP contribution in [0.3, 0.4) is 0 Å². The maximum Gasteiger partial charge on any atom is 0.263 e. The van der Waals surface area contributed by atoms with E-state index < -0.39 is 0 Å². The van der Waals surface area contributed by atoms with Crippen LogP contribution < -0.4 is 21.8 Å². The average molecular weight is 793 g/mol. The first-order valence-corrected chi connectivity index (χ1v) is 19.5. The summed E-state index contributed by atoms with van der Waals surface area (Å²) in [5.74, 6) is 1.29. The van der Waals surface area contributed by atoms with Gasteiger partial charge in [-0.05, 0) is 86.3 Å². The SMILES string of the molecule is Cc1cccc2cc([C@@H](C)Nc3ncnc4nc[nH]c34)c(-c3ccccc3)c(=O)n12.Cc1cccc2cc([C@H](C)Nc3ncnc4nc[nH]c34)c(-c3ccccc3)c(=O)n12. The molecular weight excluding hydrogens is 753 g/mol. The van der Waals surface area contributed by atoms with Crippen molar-refractivity contribution in [3.05, 3.63) is 178 Å². The zero-order valence-corrected chi connectivity index (χ0v) is 33.3. The molecule has 60 heavy (non-hydrogen) atoms. The molecule has 8 aromatic heterocycles. The normalized spacial score (nSPS) is 12.3. The number of fused-ring (bicyclic) bond motifs is 4. The molecule has 0 aliphatic rings. The van der Waals surface area contributed by atoms with Gasteiger partial charge in [0.05, 0.1) is 35.9 Å². The third-order valence-electron chi connectivity index (χ3n) is 10.7. The Morgan fingerprint density at radius 2 is 0.933 bits per heavy atom. The molecule has 0 radical (unpaired) electrons. The van der Waals surface area contributed by atoms with Gasteiger partial charge in [-0.25, -0.2) is 29.9 Å². The van der Waals surface area contributed by atoms with Crippen molar-refractivity contribution >= 4 is 45.0 Å². The first-order valence-electron chi connectivity index (χ1n) is 19.5. The second-order valence-electron chi connectivity index (χ2n) is 14.5. The molecule has 14 heteroatoms. The zero-order chi connectivity index (χ0) is 41.3. The van der Waals surface area contributed by atoms with Crippen LogP contribution in [0.25, 0.3) is 55.6 Å². The molecule has 0 unspecified atom stereocenters. The predicted octanol–water partition coefficient (Wildman–Crippen LogP) is 8.23. The summed E-state index contributed by atoms with van der Waals surface area (Å²) in [5, 5.41) is 6.87. The molecule has 10 aromatic rings. The van der Waals surface area contributed by atoms with Gasteiger partial charge in [0.15, 0.2) is 22.9 Å². The smallest absolute Gasteiger partial charge is 0.263 e. The monoisotopic (exact) mass is 792 g/mol. The van der Waals surface area contributed by atoms with Crippen molar-refractivity contribution in [2.24, 2.45) is 0 Å². The van der Waals surface area contributed by atoms with Crippen LogP contribution in [0.15, 0.2) is 144 Å². The molecule has 0 saturated heterocycles. The van der Waals surface area contributed by atoms with Crippen LogP contribution in [0, 0.1) is 13.8 Å². The van der Waals surface area contributed by atoms with E-state index in [-0.39, 0.29) is 23.2 Å². The highest BCUT2D eigenvalue weighted by molar-refractivity contribution is 5.83. The van der Waals surface area contributed by atoms with Crippen molar-refractivity contribution < 1.29 is 0 Å². The second kappa shape index (κ2) is 15.7. The number of hydrogen-bond donors (Lipinski definition) is 4. The summed E-state index contributed by atoms with van der Waals surface area (Å²) in [5.41, 5.74) is 11.1. The highest BCUT2D eigenvalue weighted by Crippen LogP contribution is 2.32. The Morgan fingerprint density at radius 3 is 1.35 bits per heavy atom. The van der Waals surface area contributed by atoms with E-state index in [1.165, 1.54) is 12.7 Å². The van der Waals surface area contributed by atoms with Crippen LogP contribution in [-0.4, -0.2) is 48.7 Å². The van der Waals surface area contributed by atoms with Gasteiger partial charge in [-0.1, -0.05) is 72.8 Å². The Balaban J connectivity index is 0.000000154. The number of imidazole rings is 2. The van der Waals surface area contributed by atoms with E-state index in [1.54, 1.807) is 21.5 Å². The second-order valence-corrected chi connectivity index (χ2v) is 14.5. The Morgan fingerprint density at radius 1 is 0.517 bits per heavy atom. The van der Waals surface area contributed by atoms with Crippen molar-refractivity contribution in [2.45, 2.75) is 39.8 Å². The molecule has 10 rings (SSSR count). The van der Waals surface area contributed by atoms with Crippen LogP contribution in [-0.2, 0) is 0 Å². The van der Waals surface area contributed by atoms with Crippen LogP contribution in [0.2, 0.25) is 0 Å². The van der Waals surface area contributed by atoms with Crippen LogP contribution in [0.1, 0.15) is 48.4 Å². The first kappa shape index (κ1) is 37.6. The van der Waals surface area contributed by atoms with Gasteiger partial charge < -0.3 is 20.6 Å². The average Bonchev–Trinajstić information content (AvgIpc) is 3.96. The number of nitrogens with one attached hydrogen (secondary N) is 4. The lowest BCUT2D eigenvalue weighted by Crippen LogP contribution is -2.22. The number of rotatable bonds is 8. The fourth-order valence-corrected chi connectivity index (χ4v) is 7.78. The van der Waals surface area contributed by atoms with Crippen molar-refractivity contribution in [3.63, 3.8) is 0 Å². The number of aryl methyl sites for hydroxylation is 2. The summed E-state index contributed by atoms with van der Waals surface area (Å²) in [4.78, 5) is 58.8. The quantitative estimate of drug-likeness (QED) is 0.117. The molecule has 4 N–H and O–H groups in total. The Hall–Kier alpha value is -8.00. The largest absolute Gasteiger partial charge is 0.362 e. The summed E-state index contributed by atoms with van der Waals surface area (Å²) >= 11 is 0. The lowest BCUT2D eigenvalue weighted by molar-refractivity contribution is 0.867. The standard InChI is InChI=1S/2C23H20N6O/c2*1-14-7-6-10-17-11-18(19(23(30)29(14)17)16-8-4-3-5-9-16)15(2)28-22-20-21(25-12-24-20)26-13-27-22/h2*3-13,15H,1-2H3,(H2,24,25,26,27,28)/t2*15-/m10/s1. The van der Waals surface area contributed by atoms with Crippen molar-refractivity contribution in [1.82, 2.24) is 48.7 Å². The van der Waals surface area contributed by atoms with E-state index >= 15 is 0 Å². The Bertz CT molecular complexity index is 3060. The molecule has 0 amide bonds. The van der Waals surface area contributed by atoms with Gasteiger partial charge in [0.25, 0.3) is 11.1 Å². The van der Waals surface area contributed by atoms with Gasteiger partial charge in [-0.2, -0.15) is 0 Å². The maximum absolute atomic E-state index is 13.6. The molecule has 2 aromatic carbocycles. The summed E-state index contributed by atoms with van der Waals surface area (Å²) in [6, 6.07) is 35.1. The van der Waals surface area contributed by atoms with Crippen LogP contribution >= 0.6 is 0 Å². The minimum absolute atomic E-state index is 0.0326. The van der Waals surface area contributed by atoms with E-state index in [1.807, 2.05) is 125 Å². The maximum atomic E-state index is 13.6. The number of benzene rings is 2. The number of anilines is 2. The molecular formula is C46H40N12O2. The highest BCUT2D eigenvalue weighted by Gasteiger charge is 2.22. The number of H-pyrrole nitrogens is 2. The summed E-state index contributed by atoms with van der Waals surface area (Å²) < 4.78 is 3.52. The minimum atomic E-state index is -0.181. The van der Waals surface area contributed by atoms with Gasteiger partial charge in [0, 0.05) is 22.4 Å². The van der Waals surface area contributed by atoms with Gasteiger partial charge in [0.1, 0.15) is 23.7 Å². The summed E-state index contributed by atoms with van der Waals surface area (Å²) in [6.07, 6.45) is 6.15. The molecule has 14 nitrogen and oxygen atoms in total. The number of nitrogens with zero attached hydrogens (tertiary/aromatic N) is 8. The molecule has 0 bridgehead atoms. The molecule has 0 fully saturated rings. The number of pyridine rings is 4. The lowest BCUT2D eigenvalue weighted by atomic mass is 9.96. The number of aromatic amines is 2. The van der Waals surface area contributed by atoms with E-state index in [4.69, 9.17) is 0 Å². The van der Waals surface area contributed by atoms with E-state index in [0.717, 1.165) is 55.7 Å². The fraction of sp³-hybridized carbons (Fsp3) is 0.130. The minimum Gasteiger partial charge on any atom is -0.362 e. The van der Waals surface area contributed by atoms with Crippen molar-refractivity contribution in [1.29, 1.82) is 0 Å². The van der Waals surface area contributed by atoms with Crippen LogP contribution in [0.4, 0.5) is 11.6 Å². The molecule has 0 aliphatic carbocycles. The molecule has 0 aliphatic heterocycles. The molecule has 0 saturated carbocycles. The fourth-order valence-electron chi connectivity index (χ4n) is 7.78. The third-order valence-corrected chi connectivity index (χ3v) is 10.7. The topological polar surface area (TPSA) is 176 Å². The van der Waals surface area contributed by atoms with E-state index in [2.05, 4.69) is 62.6 Å². The van der Waals surface area contributed by atoms with Crippen molar-refractivity contribution in [2.75, 3.05) is 10.6 Å². The predicted molar refractivity (Wildman–Crippen MR) is 235 cm³/mol. The van der Waals surface area contributed by atoms with Gasteiger partial charge in [0.2, 0.25) is 0 Å². The van der Waals surface area contributed by atoms with Gasteiger partial charge in [-0.3, -0.25) is 18.4 Å². The zero-order valence-electron chi connectivity index (χ0n) is 33.3. The highest BCUT2D eigenvalue weighted by atomic mass is 16.1. The molecule has 296 valence electrons. The first-order chi connectivity index (χ1) is 29.3. The lowest BCUT2D eigenvalue weighted by Gasteiger charge is -2.20. The van der Waals surface area contributed by atoms with Gasteiger partial charge >= 0.3 is 0 Å². The van der Waals surface area contributed by atoms with Crippen LogP contribution in [0.5, 0.6) is 0 Å². The molecule has 8 heterocycles. The molecule has 0 spiro atoms. The Labute approximate surface area is 343 Å². The van der Waals surface area contributed by atoms with E-state index in [0.29, 0.717) is 34.1 Å².